The van der Waals surface area contributed by atoms with Gasteiger partial charge in [-0.3, -0.25) is 4.79 Å². The average molecular weight is 249 g/mol. The van der Waals surface area contributed by atoms with E-state index in [1.165, 1.54) is 6.33 Å². The molecule has 0 spiro atoms. The van der Waals surface area contributed by atoms with E-state index in [4.69, 9.17) is 0 Å². The van der Waals surface area contributed by atoms with Crippen molar-refractivity contribution in [2.45, 2.75) is 13.3 Å². The SMILES string of the molecule is CNC(=O)C1(C)CCN(c2cc(NC)ncn2)C1. The van der Waals surface area contributed by atoms with Gasteiger partial charge in [0.1, 0.15) is 18.0 Å². The predicted molar refractivity (Wildman–Crippen MR) is 70.6 cm³/mol. The van der Waals surface area contributed by atoms with Crippen molar-refractivity contribution in [3.05, 3.63) is 12.4 Å². The maximum atomic E-state index is 11.9. The number of rotatable bonds is 3. The average Bonchev–Trinajstić information content (AvgIpc) is 2.82. The molecule has 1 aliphatic heterocycles. The zero-order valence-corrected chi connectivity index (χ0v) is 11.0. The van der Waals surface area contributed by atoms with E-state index in [1.54, 1.807) is 7.05 Å². The van der Waals surface area contributed by atoms with E-state index in [0.717, 1.165) is 24.6 Å². The molecule has 0 saturated carbocycles. The van der Waals surface area contributed by atoms with Crippen LogP contribution in [-0.2, 0) is 4.79 Å². The molecule has 2 rings (SSSR count). The lowest BCUT2D eigenvalue weighted by Crippen LogP contribution is -2.39. The van der Waals surface area contributed by atoms with Crippen molar-refractivity contribution in [3.8, 4) is 0 Å². The molecule has 1 fully saturated rings. The van der Waals surface area contributed by atoms with E-state index in [2.05, 4.69) is 25.5 Å². The zero-order valence-electron chi connectivity index (χ0n) is 11.0. The molecule has 1 atom stereocenters. The van der Waals surface area contributed by atoms with Crippen LogP contribution in [0.1, 0.15) is 13.3 Å². The lowest BCUT2D eigenvalue weighted by molar-refractivity contribution is -0.128. The first-order valence-electron chi connectivity index (χ1n) is 6.06. The number of nitrogens with one attached hydrogen (secondary N) is 2. The third-order valence-electron chi connectivity index (χ3n) is 3.48. The molecule has 6 heteroatoms. The third kappa shape index (κ3) is 2.23. The lowest BCUT2D eigenvalue weighted by Gasteiger charge is -2.23. The normalized spacial score (nSPS) is 22.9. The molecule has 1 aliphatic rings. The quantitative estimate of drug-likeness (QED) is 0.815. The van der Waals surface area contributed by atoms with Crippen LogP contribution in [0.2, 0.25) is 0 Å². The predicted octanol–water partition coefficient (Wildman–Crippen LogP) is 0.481. The first-order valence-corrected chi connectivity index (χ1v) is 6.06. The second-order valence-corrected chi connectivity index (χ2v) is 4.82. The number of anilines is 2. The van der Waals surface area contributed by atoms with E-state index in [9.17, 15) is 4.79 Å². The minimum Gasteiger partial charge on any atom is -0.373 e. The van der Waals surface area contributed by atoms with Crippen LogP contribution in [0.5, 0.6) is 0 Å². The summed E-state index contributed by atoms with van der Waals surface area (Å²) in [5, 5.41) is 5.72. The fourth-order valence-corrected chi connectivity index (χ4v) is 2.30. The van der Waals surface area contributed by atoms with E-state index in [0.29, 0.717) is 6.54 Å². The fraction of sp³-hybridized carbons (Fsp3) is 0.583. The molecule has 0 aliphatic carbocycles. The van der Waals surface area contributed by atoms with E-state index < -0.39 is 0 Å². The molecule has 2 N–H and O–H groups in total. The van der Waals surface area contributed by atoms with E-state index in [1.807, 2.05) is 20.0 Å². The van der Waals surface area contributed by atoms with Crippen LogP contribution < -0.4 is 15.5 Å². The smallest absolute Gasteiger partial charge is 0.227 e. The Balaban J connectivity index is 2.15. The first kappa shape index (κ1) is 12.6. The Bertz CT molecular complexity index is 450. The van der Waals surface area contributed by atoms with Gasteiger partial charge in [0.15, 0.2) is 0 Å². The Kier molecular flexibility index (Phi) is 3.36. The molecule has 18 heavy (non-hydrogen) atoms. The summed E-state index contributed by atoms with van der Waals surface area (Å²) in [5.74, 6) is 1.74. The highest BCUT2D eigenvalue weighted by Crippen LogP contribution is 2.32. The second-order valence-electron chi connectivity index (χ2n) is 4.82. The first-order chi connectivity index (χ1) is 8.59. The van der Waals surface area contributed by atoms with Crippen LogP contribution in [0.3, 0.4) is 0 Å². The highest BCUT2D eigenvalue weighted by Gasteiger charge is 2.40. The number of amides is 1. The molecule has 1 amide bonds. The largest absolute Gasteiger partial charge is 0.373 e. The molecule has 0 aromatic carbocycles. The number of carbonyl (C=O) groups excluding carboxylic acids is 1. The summed E-state index contributed by atoms with van der Waals surface area (Å²) in [6.07, 6.45) is 2.38. The van der Waals surface area contributed by atoms with Crippen molar-refractivity contribution in [1.82, 2.24) is 15.3 Å². The molecule has 1 unspecified atom stereocenters. The molecular weight excluding hydrogens is 230 g/mol. The van der Waals surface area contributed by atoms with Gasteiger partial charge >= 0.3 is 0 Å². The monoisotopic (exact) mass is 249 g/mol. The maximum Gasteiger partial charge on any atom is 0.227 e. The summed E-state index contributed by atoms with van der Waals surface area (Å²) in [7, 11) is 3.50. The van der Waals surface area contributed by atoms with Gasteiger partial charge in [0.05, 0.1) is 5.41 Å². The molecular formula is C12H19N5O. The van der Waals surface area contributed by atoms with Gasteiger partial charge in [0, 0.05) is 33.3 Å². The van der Waals surface area contributed by atoms with Crippen LogP contribution >= 0.6 is 0 Å². The van der Waals surface area contributed by atoms with Gasteiger partial charge < -0.3 is 15.5 Å². The molecule has 1 saturated heterocycles. The molecule has 1 aromatic heterocycles. The van der Waals surface area contributed by atoms with Gasteiger partial charge in [-0.25, -0.2) is 9.97 Å². The third-order valence-corrected chi connectivity index (χ3v) is 3.48. The van der Waals surface area contributed by atoms with Crippen molar-refractivity contribution in [2.24, 2.45) is 5.41 Å². The lowest BCUT2D eigenvalue weighted by atomic mass is 9.89. The topological polar surface area (TPSA) is 70.2 Å². The van der Waals surface area contributed by atoms with Crippen molar-refractivity contribution >= 4 is 17.5 Å². The van der Waals surface area contributed by atoms with Crippen LogP contribution in [0.25, 0.3) is 0 Å². The molecule has 0 radical (unpaired) electrons. The summed E-state index contributed by atoms with van der Waals surface area (Å²) in [6.45, 7) is 3.52. The molecule has 98 valence electrons. The van der Waals surface area contributed by atoms with Crippen molar-refractivity contribution in [2.75, 3.05) is 37.4 Å². The van der Waals surface area contributed by atoms with Crippen LogP contribution in [0, 0.1) is 5.41 Å². The van der Waals surface area contributed by atoms with Gasteiger partial charge in [-0.2, -0.15) is 0 Å². The van der Waals surface area contributed by atoms with E-state index in [-0.39, 0.29) is 11.3 Å². The fourth-order valence-electron chi connectivity index (χ4n) is 2.30. The Morgan fingerprint density at radius 3 is 2.89 bits per heavy atom. The summed E-state index contributed by atoms with van der Waals surface area (Å²) < 4.78 is 0. The molecule has 0 bridgehead atoms. The highest BCUT2D eigenvalue weighted by atomic mass is 16.2. The summed E-state index contributed by atoms with van der Waals surface area (Å²) >= 11 is 0. The van der Waals surface area contributed by atoms with Gasteiger partial charge in [0.2, 0.25) is 5.91 Å². The highest BCUT2D eigenvalue weighted by molar-refractivity contribution is 5.83. The minimum atomic E-state index is -0.334. The number of nitrogens with zero attached hydrogens (tertiary/aromatic N) is 3. The molecule has 6 nitrogen and oxygen atoms in total. The summed E-state index contributed by atoms with van der Waals surface area (Å²) in [5.41, 5.74) is -0.334. The van der Waals surface area contributed by atoms with Gasteiger partial charge in [-0.15, -0.1) is 0 Å². The Hall–Kier alpha value is -1.85. The maximum absolute atomic E-state index is 11.9. The van der Waals surface area contributed by atoms with Crippen LogP contribution in [0.15, 0.2) is 12.4 Å². The molecule has 2 heterocycles. The standard InChI is InChI=1S/C12H19N5O/c1-12(11(18)14-3)4-5-17(7-12)10-6-9(13-2)15-8-16-10/h6,8H,4-5,7H2,1-3H3,(H,14,18)(H,13,15,16). The Morgan fingerprint density at radius 2 is 2.22 bits per heavy atom. The van der Waals surface area contributed by atoms with Gasteiger partial charge in [-0.05, 0) is 13.3 Å². The van der Waals surface area contributed by atoms with Crippen LogP contribution in [0.4, 0.5) is 11.6 Å². The van der Waals surface area contributed by atoms with Crippen molar-refractivity contribution in [1.29, 1.82) is 0 Å². The van der Waals surface area contributed by atoms with Crippen molar-refractivity contribution in [3.63, 3.8) is 0 Å². The summed E-state index contributed by atoms with van der Waals surface area (Å²) in [6, 6.07) is 1.90. The number of hydrogen-bond acceptors (Lipinski definition) is 5. The Morgan fingerprint density at radius 1 is 1.44 bits per heavy atom. The minimum absolute atomic E-state index is 0.0906. The number of aromatic nitrogens is 2. The van der Waals surface area contributed by atoms with E-state index >= 15 is 0 Å². The van der Waals surface area contributed by atoms with Crippen molar-refractivity contribution < 1.29 is 4.79 Å². The zero-order chi connectivity index (χ0) is 13.2. The second kappa shape index (κ2) is 4.80. The molecule has 1 aromatic rings. The Labute approximate surface area is 107 Å². The summed E-state index contributed by atoms with van der Waals surface area (Å²) in [4.78, 5) is 22.3. The van der Waals surface area contributed by atoms with Crippen LogP contribution in [-0.4, -0.2) is 43.1 Å². The van der Waals surface area contributed by atoms with Gasteiger partial charge in [-0.1, -0.05) is 0 Å². The number of hydrogen-bond donors (Lipinski definition) is 2. The number of carbonyl (C=O) groups is 1. The van der Waals surface area contributed by atoms with Gasteiger partial charge in [0.25, 0.3) is 0 Å².